The van der Waals surface area contributed by atoms with Crippen molar-refractivity contribution < 1.29 is 14.6 Å². The number of anilines is 1. The second kappa shape index (κ2) is 7.71. The van der Waals surface area contributed by atoms with Gasteiger partial charge in [0.1, 0.15) is 12.4 Å². The first-order chi connectivity index (χ1) is 14.7. The molecule has 1 heterocycles. The molecule has 1 aliphatic carbocycles. The fourth-order valence-electron chi connectivity index (χ4n) is 4.64. The molecule has 2 aliphatic rings. The van der Waals surface area contributed by atoms with Crippen LogP contribution in [0.15, 0.2) is 84.9 Å². The van der Waals surface area contributed by atoms with Gasteiger partial charge in [0.05, 0.1) is 11.6 Å². The number of carbonyl (C=O) groups is 1. The molecule has 0 saturated heterocycles. The Hall–Kier alpha value is -3.53. The quantitative estimate of drug-likeness (QED) is 0.535. The van der Waals surface area contributed by atoms with E-state index < -0.39 is 5.97 Å². The number of fused-ring (bicyclic) bond motifs is 3. The van der Waals surface area contributed by atoms with Gasteiger partial charge in [0.15, 0.2) is 0 Å². The molecule has 2 N–H and O–H groups in total. The summed E-state index contributed by atoms with van der Waals surface area (Å²) in [6.07, 6.45) is 5.38. The van der Waals surface area contributed by atoms with Gasteiger partial charge < -0.3 is 15.2 Å². The first-order valence-corrected chi connectivity index (χ1v) is 10.3. The van der Waals surface area contributed by atoms with Gasteiger partial charge in [-0.3, -0.25) is 0 Å². The predicted molar refractivity (Wildman–Crippen MR) is 117 cm³/mol. The summed E-state index contributed by atoms with van der Waals surface area (Å²) in [6, 6.07) is 23.8. The lowest BCUT2D eigenvalue weighted by Crippen LogP contribution is -2.29. The molecule has 0 saturated carbocycles. The number of hydrogen-bond acceptors (Lipinski definition) is 3. The number of nitrogens with one attached hydrogen (secondary N) is 1. The van der Waals surface area contributed by atoms with E-state index in [2.05, 4.69) is 35.7 Å². The lowest BCUT2D eigenvalue weighted by Gasteiger charge is -2.38. The van der Waals surface area contributed by atoms with Crippen molar-refractivity contribution in [2.24, 2.45) is 5.92 Å². The Bertz CT molecular complexity index is 1110. The van der Waals surface area contributed by atoms with Gasteiger partial charge in [0.2, 0.25) is 0 Å². The molecule has 4 nitrogen and oxygen atoms in total. The molecule has 0 amide bonds. The van der Waals surface area contributed by atoms with Crippen molar-refractivity contribution in [1.82, 2.24) is 0 Å². The first kappa shape index (κ1) is 18.5. The summed E-state index contributed by atoms with van der Waals surface area (Å²) in [5, 5.41) is 13.1. The van der Waals surface area contributed by atoms with E-state index in [1.54, 1.807) is 6.07 Å². The van der Waals surface area contributed by atoms with Crippen LogP contribution in [0.5, 0.6) is 5.75 Å². The molecule has 0 spiro atoms. The van der Waals surface area contributed by atoms with Gasteiger partial charge >= 0.3 is 5.97 Å². The lowest BCUT2D eigenvalue weighted by molar-refractivity contribution is 0.0696. The molecule has 4 heteroatoms. The summed E-state index contributed by atoms with van der Waals surface area (Å²) in [6.45, 7) is 0.523. The van der Waals surface area contributed by atoms with Crippen LogP contribution >= 0.6 is 0 Å². The zero-order chi connectivity index (χ0) is 20.5. The van der Waals surface area contributed by atoms with Crippen LogP contribution in [-0.4, -0.2) is 11.1 Å². The Morgan fingerprint density at radius 2 is 1.80 bits per heavy atom. The number of rotatable bonds is 5. The summed E-state index contributed by atoms with van der Waals surface area (Å²) < 4.78 is 6.23. The summed E-state index contributed by atoms with van der Waals surface area (Å²) in [5.41, 5.74) is 4.67. The van der Waals surface area contributed by atoms with Crippen molar-refractivity contribution in [3.63, 3.8) is 0 Å². The molecule has 1 aliphatic heterocycles. The second-order valence-corrected chi connectivity index (χ2v) is 7.89. The van der Waals surface area contributed by atoms with Crippen molar-refractivity contribution in [2.75, 3.05) is 5.32 Å². The Morgan fingerprint density at radius 1 is 1.00 bits per heavy atom. The second-order valence-electron chi connectivity index (χ2n) is 7.89. The third kappa shape index (κ3) is 3.35. The molecule has 3 aromatic rings. The van der Waals surface area contributed by atoms with Crippen molar-refractivity contribution in [2.45, 2.75) is 25.0 Å². The summed E-state index contributed by atoms with van der Waals surface area (Å²) in [7, 11) is 0. The SMILES string of the molecule is O=C(O)c1ccc2c(c1)[C@@H]1C=CC[C@H]1[C@H](c1ccccc1OCc1ccccc1)N2. The molecular weight excluding hydrogens is 374 g/mol. The molecule has 0 unspecified atom stereocenters. The normalized spacial score (nSPS) is 21.4. The molecule has 0 fully saturated rings. The third-order valence-corrected chi connectivity index (χ3v) is 6.10. The van der Waals surface area contributed by atoms with Crippen LogP contribution in [0.2, 0.25) is 0 Å². The van der Waals surface area contributed by atoms with E-state index >= 15 is 0 Å². The predicted octanol–water partition coefficient (Wildman–Crippen LogP) is 5.79. The number of para-hydroxylation sites is 1. The maximum atomic E-state index is 11.4. The number of ether oxygens (including phenoxy) is 1. The summed E-state index contributed by atoms with van der Waals surface area (Å²) in [5.74, 6) is 0.518. The van der Waals surface area contributed by atoms with Crippen LogP contribution in [0.1, 0.15) is 45.4 Å². The zero-order valence-corrected chi connectivity index (χ0v) is 16.5. The molecule has 3 atom stereocenters. The fourth-order valence-corrected chi connectivity index (χ4v) is 4.64. The van der Waals surface area contributed by atoms with Crippen LogP contribution in [0.25, 0.3) is 0 Å². The molecule has 5 rings (SSSR count). The van der Waals surface area contributed by atoms with Crippen LogP contribution in [0.4, 0.5) is 5.69 Å². The van der Waals surface area contributed by atoms with Gasteiger partial charge in [-0.05, 0) is 47.7 Å². The van der Waals surface area contributed by atoms with E-state index in [-0.39, 0.29) is 12.0 Å². The van der Waals surface area contributed by atoms with Gasteiger partial charge in [0.25, 0.3) is 0 Å². The highest BCUT2D eigenvalue weighted by atomic mass is 16.5. The minimum absolute atomic E-state index is 0.0974. The van der Waals surface area contributed by atoms with Crippen LogP contribution < -0.4 is 10.1 Å². The fraction of sp³-hybridized carbons (Fsp3) is 0.192. The van der Waals surface area contributed by atoms with E-state index in [4.69, 9.17) is 4.74 Å². The highest BCUT2D eigenvalue weighted by Gasteiger charge is 2.39. The van der Waals surface area contributed by atoms with Crippen LogP contribution in [-0.2, 0) is 6.61 Å². The molecule has 3 aromatic carbocycles. The number of allylic oxidation sites excluding steroid dienone is 2. The monoisotopic (exact) mass is 397 g/mol. The molecule has 150 valence electrons. The Labute approximate surface area is 175 Å². The van der Waals surface area contributed by atoms with E-state index in [9.17, 15) is 9.90 Å². The zero-order valence-electron chi connectivity index (χ0n) is 16.5. The maximum Gasteiger partial charge on any atom is 0.335 e. The van der Waals surface area contributed by atoms with E-state index in [1.807, 2.05) is 48.5 Å². The average Bonchev–Trinajstić information content (AvgIpc) is 3.28. The molecule has 30 heavy (non-hydrogen) atoms. The summed E-state index contributed by atoms with van der Waals surface area (Å²) in [4.78, 5) is 11.4. The smallest absolute Gasteiger partial charge is 0.335 e. The largest absolute Gasteiger partial charge is 0.489 e. The minimum Gasteiger partial charge on any atom is -0.489 e. The molecular formula is C26H23NO3. The third-order valence-electron chi connectivity index (χ3n) is 6.10. The van der Waals surface area contributed by atoms with Crippen molar-refractivity contribution >= 4 is 11.7 Å². The molecule has 0 bridgehead atoms. The van der Waals surface area contributed by atoms with Gasteiger partial charge in [-0.25, -0.2) is 4.79 Å². The van der Waals surface area contributed by atoms with Crippen LogP contribution in [0.3, 0.4) is 0 Å². The van der Waals surface area contributed by atoms with Crippen molar-refractivity contribution in [1.29, 1.82) is 0 Å². The highest BCUT2D eigenvalue weighted by Crippen LogP contribution is 2.51. The molecule has 0 aromatic heterocycles. The van der Waals surface area contributed by atoms with Crippen LogP contribution in [0, 0.1) is 5.92 Å². The van der Waals surface area contributed by atoms with Gasteiger partial charge in [-0.2, -0.15) is 0 Å². The van der Waals surface area contributed by atoms with Crippen molar-refractivity contribution in [3.8, 4) is 5.75 Å². The highest BCUT2D eigenvalue weighted by molar-refractivity contribution is 5.89. The summed E-state index contributed by atoms with van der Waals surface area (Å²) >= 11 is 0. The number of carboxylic acids is 1. The Balaban J connectivity index is 1.47. The standard InChI is InChI=1S/C26H23NO3/c28-26(29)18-13-14-23-22(15-18)19-10-6-11-20(19)25(27-23)21-9-4-5-12-24(21)30-16-17-7-2-1-3-8-17/h1-10,12-15,19-20,25,27H,11,16H2,(H,28,29)/t19-,20-,25-/m1/s1. The van der Waals surface area contributed by atoms with Crippen molar-refractivity contribution in [3.05, 3.63) is 107 Å². The average molecular weight is 397 g/mol. The maximum absolute atomic E-state index is 11.4. The molecule has 0 radical (unpaired) electrons. The Kier molecular flexibility index (Phi) is 4.75. The van der Waals surface area contributed by atoms with E-state index in [0.717, 1.165) is 34.5 Å². The van der Waals surface area contributed by atoms with Gasteiger partial charge in [-0.15, -0.1) is 0 Å². The Morgan fingerprint density at radius 3 is 2.63 bits per heavy atom. The number of aromatic carboxylic acids is 1. The first-order valence-electron chi connectivity index (χ1n) is 10.3. The lowest BCUT2D eigenvalue weighted by atomic mass is 9.76. The van der Waals surface area contributed by atoms with E-state index in [1.165, 1.54) is 0 Å². The topological polar surface area (TPSA) is 58.6 Å². The van der Waals surface area contributed by atoms with E-state index in [0.29, 0.717) is 18.1 Å². The number of benzene rings is 3. The minimum atomic E-state index is -0.891. The number of carboxylic acid groups (broad SMARTS) is 1. The number of hydrogen-bond donors (Lipinski definition) is 2. The van der Waals surface area contributed by atoms with Gasteiger partial charge in [0, 0.05) is 17.2 Å². The van der Waals surface area contributed by atoms with Gasteiger partial charge in [-0.1, -0.05) is 60.7 Å².